The van der Waals surface area contributed by atoms with E-state index in [1.807, 2.05) is 0 Å². The minimum absolute atomic E-state index is 0.0669. The van der Waals surface area contributed by atoms with E-state index in [0.29, 0.717) is 19.3 Å². The molecule has 1 atom stereocenters. The van der Waals surface area contributed by atoms with Crippen LogP contribution < -0.4 is 5.73 Å². The SMILES string of the molecule is Cc1cc(F)c(C(N)CCCCC(=O)O)cc1F. The molecular weight excluding hydrogens is 240 g/mol. The molecule has 0 fully saturated rings. The van der Waals surface area contributed by atoms with Gasteiger partial charge in [-0.05, 0) is 37.5 Å². The molecule has 1 rings (SSSR count). The third-order valence-corrected chi connectivity index (χ3v) is 2.83. The Morgan fingerprint density at radius 3 is 2.61 bits per heavy atom. The van der Waals surface area contributed by atoms with E-state index in [9.17, 15) is 13.6 Å². The maximum Gasteiger partial charge on any atom is 0.303 e. The number of hydrogen-bond acceptors (Lipinski definition) is 2. The van der Waals surface area contributed by atoms with Crippen molar-refractivity contribution in [2.24, 2.45) is 5.73 Å². The number of carbonyl (C=O) groups is 1. The molecule has 0 saturated carbocycles. The van der Waals surface area contributed by atoms with Crippen LogP contribution in [0.3, 0.4) is 0 Å². The summed E-state index contributed by atoms with van der Waals surface area (Å²) < 4.78 is 26.9. The lowest BCUT2D eigenvalue weighted by molar-refractivity contribution is -0.137. The molecule has 0 spiro atoms. The van der Waals surface area contributed by atoms with E-state index < -0.39 is 23.6 Å². The molecule has 0 aliphatic rings. The van der Waals surface area contributed by atoms with Crippen molar-refractivity contribution in [1.29, 1.82) is 0 Å². The molecule has 0 aliphatic heterocycles. The van der Waals surface area contributed by atoms with E-state index in [4.69, 9.17) is 10.8 Å². The number of halogens is 2. The van der Waals surface area contributed by atoms with Gasteiger partial charge in [-0.25, -0.2) is 8.78 Å². The van der Waals surface area contributed by atoms with Crippen molar-refractivity contribution in [2.75, 3.05) is 0 Å². The van der Waals surface area contributed by atoms with Crippen molar-refractivity contribution in [3.8, 4) is 0 Å². The normalized spacial score (nSPS) is 12.4. The van der Waals surface area contributed by atoms with Gasteiger partial charge in [-0.2, -0.15) is 0 Å². The highest BCUT2D eigenvalue weighted by Crippen LogP contribution is 2.23. The summed E-state index contributed by atoms with van der Waals surface area (Å²) in [5, 5.41) is 8.47. The van der Waals surface area contributed by atoms with Crippen LogP contribution in [0.5, 0.6) is 0 Å². The summed E-state index contributed by atoms with van der Waals surface area (Å²) in [5.74, 6) is -1.86. The van der Waals surface area contributed by atoms with Crippen LogP contribution in [0.15, 0.2) is 12.1 Å². The highest BCUT2D eigenvalue weighted by molar-refractivity contribution is 5.66. The molecule has 0 aromatic heterocycles. The van der Waals surface area contributed by atoms with Gasteiger partial charge in [0.15, 0.2) is 0 Å². The van der Waals surface area contributed by atoms with Gasteiger partial charge < -0.3 is 10.8 Å². The first kappa shape index (κ1) is 14.6. The number of hydrogen-bond donors (Lipinski definition) is 2. The molecule has 1 aromatic rings. The lowest BCUT2D eigenvalue weighted by Gasteiger charge is -2.13. The lowest BCUT2D eigenvalue weighted by Crippen LogP contribution is -2.13. The Labute approximate surface area is 105 Å². The summed E-state index contributed by atoms with van der Waals surface area (Å²) in [6.45, 7) is 1.49. The van der Waals surface area contributed by atoms with Crippen molar-refractivity contribution in [2.45, 2.75) is 38.6 Å². The lowest BCUT2D eigenvalue weighted by atomic mass is 9.99. The first-order valence-electron chi connectivity index (χ1n) is 5.84. The largest absolute Gasteiger partial charge is 0.481 e. The fourth-order valence-electron chi connectivity index (χ4n) is 1.74. The number of aliphatic carboxylic acids is 1. The second-order valence-electron chi connectivity index (χ2n) is 4.37. The number of nitrogens with two attached hydrogens (primary N) is 1. The van der Waals surface area contributed by atoms with E-state index in [0.717, 1.165) is 12.1 Å². The summed E-state index contributed by atoms with van der Waals surface area (Å²) in [4.78, 5) is 10.3. The standard InChI is InChI=1S/C13H17F2NO2/c1-8-6-11(15)9(7-10(8)14)12(16)4-2-3-5-13(17)18/h6-7,12H,2-5,16H2,1H3,(H,17,18). The van der Waals surface area contributed by atoms with Gasteiger partial charge in [-0.15, -0.1) is 0 Å². The van der Waals surface area contributed by atoms with Crippen molar-refractivity contribution < 1.29 is 18.7 Å². The van der Waals surface area contributed by atoms with E-state index in [1.165, 1.54) is 6.92 Å². The Balaban J connectivity index is 2.58. The van der Waals surface area contributed by atoms with Crippen LogP contribution in [0.4, 0.5) is 8.78 Å². The molecular formula is C13H17F2NO2. The first-order chi connectivity index (χ1) is 8.41. The molecule has 0 bridgehead atoms. The zero-order valence-electron chi connectivity index (χ0n) is 10.2. The fraction of sp³-hybridized carbons (Fsp3) is 0.462. The monoisotopic (exact) mass is 257 g/mol. The number of carboxylic acid groups (broad SMARTS) is 1. The van der Waals surface area contributed by atoms with Gasteiger partial charge in [0.25, 0.3) is 0 Å². The Bertz CT molecular complexity index is 435. The van der Waals surface area contributed by atoms with Gasteiger partial charge in [0.2, 0.25) is 0 Å². The molecule has 0 saturated heterocycles. The maximum atomic E-state index is 13.6. The molecule has 100 valence electrons. The maximum absolute atomic E-state index is 13.6. The minimum atomic E-state index is -0.865. The number of benzene rings is 1. The molecule has 0 radical (unpaired) electrons. The number of rotatable bonds is 6. The molecule has 0 heterocycles. The Hall–Kier alpha value is -1.49. The topological polar surface area (TPSA) is 63.3 Å². The molecule has 3 N–H and O–H groups in total. The van der Waals surface area contributed by atoms with E-state index in [-0.39, 0.29) is 17.5 Å². The smallest absolute Gasteiger partial charge is 0.303 e. The Morgan fingerprint density at radius 2 is 2.00 bits per heavy atom. The third kappa shape index (κ3) is 4.07. The number of carboxylic acids is 1. The molecule has 1 unspecified atom stereocenters. The summed E-state index contributed by atoms with van der Waals surface area (Å²) in [6, 6.07) is 1.64. The van der Waals surface area contributed by atoms with Gasteiger partial charge in [-0.1, -0.05) is 6.42 Å². The van der Waals surface area contributed by atoms with Gasteiger partial charge in [0.1, 0.15) is 11.6 Å². The summed E-state index contributed by atoms with van der Waals surface area (Å²) >= 11 is 0. The van der Waals surface area contributed by atoms with Crippen LogP contribution in [-0.2, 0) is 4.79 Å². The van der Waals surface area contributed by atoms with Gasteiger partial charge in [0.05, 0.1) is 0 Å². The van der Waals surface area contributed by atoms with Crippen molar-refractivity contribution in [1.82, 2.24) is 0 Å². The quantitative estimate of drug-likeness (QED) is 0.770. The summed E-state index contributed by atoms with van der Waals surface area (Å²) in [7, 11) is 0. The van der Waals surface area contributed by atoms with Crippen molar-refractivity contribution in [3.05, 3.63) is 34.9 Å². The van der Waals surface area contributed by atoms with Crippen LogP contribution >= 0.6 is 0 Å². The summed E-state index contributed by atoms with van der Waals surface area (Å²) in [5.41, 5.74) is 6.17. The van der Waals surface area contributed by atoms with Crippen LogP contribution in [-0.4, -0.2) is 11.1 Å². The van der Waals surface area contributed by atoms with Gasteiger partial charge in [0, 0.05) is 18.0 Å². The second-order valence-corrected chi connectivity index (χ2v) is 4.37. The molecule has 1 aromatic carbocycles. The van der Waals surface area contributed by atoms with Crippen LogP contribution in [0.25, 0.3) is 0 Å². The second kappa shape index (κ2) is 6.44. The van der Waals surface area contributed by atoms with E-state index >= 15 is 0 Å². The Kier molecular flexibility index (Phi) is 5.22. The predicted molar refractivity (Wildman–Crippen MR) is 64.1 cm³/mol. The average molecular weight is 257 g/mol. The molecule has 0 aliphatic carbocycles. The van der Waals surface area contributed by atoms with Gasteiger partial charge >= 0.3 is 5.97 Å². The van der Waals surface area contributed by atoms with Crippen LogP contribution in [0.1, 0.15) is 42.9 Å². The predicted octanol–water partition coefficient (Wildman–Crippen LogP) is 2.92. The van der Waals surface area contributed by atoms with Crippen LogP contribution in [0, 0.1) is 18.6 Å². The van der Waals surface area contributed by atoms with E-state index in [1.54, 1.807) is 0 Å². The highest BCUT2D eigenvalue weighted by Gasteiger charge is 2.14. The van der Waals surface area contributed by atoms with Crippen LogP contribution in [0.2, 0.25) is 0 Å². The molecule has 0 amide bonds. The minimum Gasteiger partial charge on any atom is -0.481 e. The van der Waals surface area contributed by atoms with Crippen molar-refractivity contribution >= 4 is 5.97 Å². The first-order valence-corrected chi connectivity index (χ1v) is 5.84. The Morgan fingerprint density at radius 1 is 1.33 bits per heavy atom. The fourth-order valence-corrected chi connectivity index (χ4v) is 1.74. The average Bonchev–Trinajstić information content (AvgIpc) is 2.28. The zero-order valence-corrected chi connectivity index (χ0v) is 10.2. The van der Waals surface area contributed by atoms with Crippen molar-refractivity contribution in [3.63, 3.8) is 0 Å². The summed E-state index contributed by atoms with van der Waals surface area (Å²) in [6.07, 6.45) is 1.56. The molecule has 5 heteroatoms. The number of unbranched alkanes of at least 4 members (excludes halogenated alkanes) is 1. The van der Waals surface area contributed by atoms with Gasteiger partial charge in [-0.3, -0.25) is 4.79 Å². The van der Waals surface area contributed by atoms with E-state index in [2.05, 4.69) is 0 Å². The highest BCUT2D eigenvalue weighted by atomic mass is 19.1. The zero-order chi connectivity index (χ0) is 13.7. The third-order valence-electron chi connectivity index (χ3n) is 2.83. The number of aryl methyl sites for hydroxylation is 1. The molecule has 18 heavy (non-hydrogen) atoms. The molecule has 3 nitrogen and oxygen atoms in total.